The van der Waals surface area contributed by atoms with Crippen LogP contribution in [0, 0.1) is 0 Å². The van der Waals surface area contributed by atoms with E-state index < -0.39 is 0 Å². The number of piperidine rings is 1. The summed E-state index contributed by atoms with van der Waals surface area (Å²) in [4.78, 5) is 41.9. The van der Waals surface area contributed by atoms with Crippen molar-refractivity contribution in [1.82, 2.24) is 19.8 Å². The number of rotatable bonds is 4. The van der Waals surface area contributed by atoms with Crippen LogP contribution in [0.2, 0.25) is 0 Å². The zero-order valence-electron chi connectivity index (χ0n) is 17.1. The number of likely N-dealkylation sites (tertiary alicyclic amines) is 1. The number of benzene rings is 2. The number of nitrogens with one attached hydrogen (secondary N) is 3. The smallest absolute Gasteiger partial charge is 0.326 e. The van der Waals surface area contributed by atoms with Crippen molar-refractivity contribution in [3.63, 3.8) is 0 Å². The highest BCUT2D eigenvalue weighted by atomic mass is 16.2. The van der Waals surface area contributed by atoms with Crippen LogP contribution < -0.4 is 16.3 Å². The van der Waals surface area contributed by atoms with E-state index >= 15 is 0 Å². The third kappa shape index (κ3) is 4.05. The Labute approximate surface area is 179 Å². The summed E-state index contributed by atoms with van der Waals surface area (Å²) in [6.07, 6.45) is 3.53. The summed E-state index contributed by atoms with van der Waals surface area (Å²) in [5, 5.41) is 5.66. The Morgan fingerprint density at radius 2 is 1.65 bits per heavy atom. The monoisotopic (exact) mass is 419 g/mol. The number of amides is 3. The van der Waals surface area contributed by atoms with Crippen LogP contribution in [0.15, 0.2) is 53.3 Å². The molecule has 1 aliphatic heterocycles. The molecule has 2 aliphatic rings. The van der Waals surface area contributed by atoms with Crippen molar-refractivity contribution in [3.8, 4) is 0 Å². The topological polar surface area (TPSA) is 99.2 Å². The number of carbonyl (C=O) groups excluding carboxylic acids is 2. The van der Waals surface area contributed by atoms with Gasteiger partial charge in [0, 0.05) is 36.4 Å². The fraction of sp³-hybridized carbons (Fsp3) is 0.348. The lowest BCUT2D eigenvalue weighted by Gasteiger charge is -2.32. The quantitative estimate of drug-likeness (QED) is 0.606. The first-order valence-electron chi connectivity index (χ1n) is 10.7. The third-order valence-corrected chi connectivity index (χ3v) is 6.04. The number of imidazole rings is 1. The number of carbonyl (C=O) groups is 2. The van der Waals surface area contributed by atoms with Gasteiger partial charge >= 0.3 is 11.7 Å². The number of hydrogen-bond acceptors (Lipinski definition) is 3. The maximum absolute atomic E-state index is 12.9. The fourth-order valence-electron chi connectivity index (χ4n) is 4.22. The van der Waals surface area contributed by atoms with Gasteiger partial charge in [0.25, 0.3) is 5.91 Å². The number of para-hydroxylation sites is 2. The van der Waals surface area contributed by atoms with Crippen LogP contribution in [0.4, 0.5) is 10.5 Å². The molecule has 2 fully saturated rings. The van der Waals surface area contributed by atoms with E-state index in [1.807, 2.05) is 33.7 Å². The highest BCUT2D eigenvalue weighted by Crippen LogP contribution is 2.26. The average Bonchev–Trinajstić information content (AvgIpc) is 3.53. The van der Waals surface area contributed by atoms with E-state index in [0.29, 0.717) is 30.4 Å². The first-order chi connectivity index (χ1) is 15.1. The highest BCUT2D eigenvalue weighted by molar-refractivity contribution is 5.95. The molecule has 3 amide bonds. The van der Waals surface area contributed by atoms with E-state index in [2.05, 4.69) is 15.6 Å². The summed E-state index contributed by atoms with van der Waals surface area (Å²) in [5.74, 6) is -0.0290. The minimum atomic E-state index is -0.212. The number of fused-ring (bicyclic) bond motifs is 1. The number of anilines is 1. The Morgan fingerprint density at radius 3 is 2.35 bits per heavy atom. The van der Waals surface area contributed by atoms with Crippen molar-refractivity contribution < 1.29 is 9.59 Å². The molecular formula is C23H25N5O3. The van der Waals surface area contributed by atoms with Crippen molar-refractivity contribution in [3.05, 3.63) is 64.6 Å². The van der Waals surface area contributed by atoms with Crippen LogP contribution in [0.5, 0.6) is 0 Å². The predicted octanol–water partition coefficient (Wildman–Crippen LogP) is 3.09. The highest BCUT2D eigenvalue weighted by Gasteiger charge is 2.27. The fourth-order valence-corrected chi connectivity index (χ4v) is 4.22. The number of hydrogen-bond donors (Lipinski definition) is 3. The van der Waals surface area contributed by atoms with Crippen LogP contribution in [-0.4, -0.2) is 45.5 Å². The number of urea groups is 1. The molecule has 1 aliphatic carbocycles. The normalized spacial score (nSPS) is 17.0. The summed E-state index contributed by atoms with van der Waals surface area (Å²) in [7, 11) is 0. The van der Waals surface area contributed by atoms with Gasteiger partial charge < -0.3 is 20.5 Å². The maximum Gasteiger partial charge on any atom is 0.326 e. The Bertz CT molecular complexity index is 1170. The van der Waals surface area contributed by atoms with Crippen molar-refractivity contribution in [2.24, 2.45) is 0 Å². The van der Waals surface area contributed by atoms with Gasteiger partial charge in [0.15, 0.2) is 0 Å². The zero-order chi connectivity index (χ0) is 21.4. The molecule has 0 atom stereocenters. The van der Waals surface area contributed by atoms with Crippen molar-refractivity contribution >= 4 is 28.7 Å². The molecule has 5 rings (SSSR count). The van der Waals surface area contributed by atoms with Gasteiger partial charge in [-0.15, -0.1) is 0 Å². The van der Waals surface area contributed by atoms with Gasteiger partial charge in [-0.1, -0.05) is 12.1 Å². The van der Waals surface area contributed by atoms with Crippen LogP contribution in [0.25, 0.3) is 11.0 Å². The summed E-state index contributed by atoms with van der Waals surface area (Å²) in [6, 6.07) is 14.8. The SMILES string of the molecule is O=C(Nc1ccc(C(=O)N2CCC(n3c(=O)[nH]c4ccccc43)CC2)cc1)NC1CC1. The molecule has 0 unspecified atom stereocenters. The molecule has 3 N–H and O–H groups in total. The van der Waals surface area contributed by atoms with Crippen molar-refractivity contribution in [2.45, 2.75) is 37.8 Å². The minimum absolute atomic E-state index is 0.0290. The Hall–Kier alpha value is -3.55. The van der Waals surface area contributed by atoms with E-state index in [4.69, 9.17) is 0 Å². The number of nitrogens with zero attached hydrogens (tertiary/aromatic N) is 2. The van der Waals surface area contributed by atoms with Gasteiger partial charge in [-0.2, -0.15) is 0 Å². The largest absolute Gasteiger partial charge is 0.338 e. The summed E-state index contributed by atoms with van der Waals surface area (Å²) >= 11 is 0. The molecule has 1 aromatic heterocycles. The lowest BCUT2D eigenvalue weighted by atomic mass is 10.0. The van der Waals surface area contributed by atoms with Crippen LogP contribution >= 0.6 is 0 Å². The molecule has 2 heterocycles. The van der Waals surface area contributed by atoms with Gasteiger partial charge in [-0.05, 0) is 62.1 Å². The zero-order valence-corrected chi connectivity index (χ0v) is 17.1. The van der Waals surface area contributed by atoms with E-state index in [0.717, 1.165) is 36.7 Å². The lowest BCUT2D eigenvalue weighted by Crippen LogP contribution is -2.40. The molecule has 1 saturated carbocycles. The molecule has 160 valence electrons. The average molecular weight is 419 g/mol. The molecule has 0 bridgehead atoms. The van der Waals surface area contributed by atoms with Gasteiger partial charge in [-0.3, -0.25) is 9.36 Å². The Kier molecular flexibility index (Phi) is 4.97. The summed E-state index contributed by atoms with van der Waals surface area (Å²) < 4.78 is 1.82. The standard InChI is InChI=1S/C23H25N5O3/c29-21(15-5-7-16(8-6-15)24-22(30)25-17-9-10-17)27-13-11-18(12-14-27)28-20-4-2-1-3-19(20)26-23(28)31/h1-8,17-18H,9-14H2,(H,26,31)(H2,24,25,30). The summed E-state index contributed by atoms with van der Waals surface area (Å²) in [6.45, 7) is 1.19. The van der Waals surface area contributed by atoms with Crippen LogP contribution in [0.1, 0.15) is 42.1 Å². The van der Waals surface area contributed by atoms with Crippen LogP contribution in [0.3, 0.4) is 0 Å². The number of aromatic nitrogens is 2. The molecule has 31 heavy (non-hydrogen) atoms. The lowest BCUT2D eigenvalue weighted by molar-refractivity contribution is 0.0695. The minimum Gasteiger partial charge on any atom is -0.338 e. The summed E-state index contributed by atoms with van der Waals surface area (Å²) in [5.41, 5.74) is 2.90. The Balaban J connectivity index is 1.21. The molecular weight excluding hydrogens is 394 g/mol. The molecule has 8 heteroatoms. The van der Waals surface area contributed by atoms with E-state index in [9.17, 15) is 14.4 Å². The number of H-pyrrole nitrogens is 1. The molecule has 0 spiro atoms. The van der Waals surface area contributed by atoms with E-state index in [-0.39, 0.29) is 23.7 Å². The second-order valence-electron chi connectivity index (χ2n) is 8.29. The number of aromatic amines is 1. The first-order valence-corrected chi connectivity index (χ1v) is 10.7. The second-order valence-corrected chi connectivity index (χ2v) is 8.29. The van der Waals surface area contributed by atoms with Gasteiger partial charge in [0.2, 0.25) is 0 Å². The first kappa shape index (κ1) is 19.4. The maximum atomic E-state index is 12.9. The second kappa shape index (κ2) is 7.94. The molecule has 1 saturated heterocycles. The van der Waals surface area contributed by atoms with Crippen LogP contribution in [-0.2, 0) is 0 Å². The Morgan fingerprint density at radius 1 is 0.935 bits per heavy atom. The van der Waals surface area contributed by atoms with Gasteiger partial charge in [0.1, 0.15) is 0 Å². The molecule has 3 aromatic rings. The van der Waals surface area contributed by atoms with E-state index in [1.165, 1.54) is 0 Å². The molecule has 2 aromatic carbocycles. The third-order valence-electron chi connectivity index (χ3n) is 6.04. The predicted molar refractivity (Wildman–Crippen MR) is 118 cm³/mol. The molecule has 8 nitrogen and oxygen atoms in total. The van der Waals surface area contributed by atoms with Crippen molar-refractivity contribution in [2.75, 3.05) is 18.4 Å². The van der Waals surface area contributed by atoms with Gasteiger partial charge in [-0.25, -0.2) is 9.59 Å². The molecule has 0 radical (unpaired) electrons. The van der Waals surface area contributed by atoms with Crippen molar-refractivity contribution in [1.29, 1.82) is 0 Å². The van der Waals surface area contributed by atoms with E-state index in [1.54, 1.807) is 24.3 Å². The van der Waals surface area contributed by atoms with Gasteiger partial charge in [0.05, 0.1) is 11.0 Å².